The van der Waals surface area contributed by atoms with Crippen molar-refractivity contribution in [1.82, 2.24) is 0 Å². The van der Waals surface area contributed by atoms with Crippen LogP contribution in [0.4, 0.5) is 5.69 Å². The molecule has 0 spiro atoms. The van der Waals surface area contributed by atoms with Crippen LogP contribution < -0.4 is 5.32 Å². The van der Waals surface area contributed by atoms with E-state index in [-0.39, 0.29) is 5.91 Å². The lowest BCUT2D eigenvalue weighted by atomic mass is 9.98. The Balaban J connectivity index is 2.70. The Morgan fingerprint density at radius 3 is 2.85 bits per heavy atom. The number of anilines is 1. The Morgan fingerprint density at radius 2 is 2.23 bits per heavy atom. The summed E-state index contributed by atoms with van der Waals surface area (Å²) in [5.41, 5.74) is -0.139. The summed E-state index contributed by atoms with van der Waals surface area (Å²) in [7, 11) is 0. The minimum atomic E-state index is -1.42. The Hall–Kier alpha value is -0.870. The maximum atomic E-state index is 11.3. The summed E-state index contributed by atoms with van der Waals surface area (Å²) < 4.78 is 0.744. The number of benzene rings is 1. The van der Waals surface area contributed by atoms with Gasteiger partial charge in [-0.25, -0.2) is 0 Å². The molecular weight excluding hydrogens is 234 g/mol. The molecule has 0 aromatic heterocycles. The molecule has 0 aliphatic carbocycles. The summed E-state index contributed by atoms with van der Waals surface area (Å²) in [5.74, 6) is -0.380. The molecule has 3 nitrogen and oxygen atoms in total. The maximum Gasteiger partial charge on any atom is 0.260 e. The van der Waals surface area contributed by atoms with Crippen molar-refractivity contribution in [1.29, 1.82) is 0 Å². The van der Waals surface area contributed by atoms with Gasteiger partial charge < -0.3 is 10.4 Å². The average Bonchev–Trinajstić information content (AvgIpc) is 2.24. The van der Waals surface area contributed by atoms with E-state index < -0.39 is 5.60 Å². The normalized spacial score (nSPS) is 25.6. The molecule has 13 heavy (non-hydrogen) atoms. The number of hydrogen-bond donors (Lipinski definition) is 2. The van der Waals surface area contributed by atoms with E-state index in [1.807, 2.05) is 6.07 Å². The second-order valence-corrected chi connectivity index (χ2v) is 4.04. The number of carbonyl (C=O) groups excluding carboxylic acids is 1. The average molecular weight is 242 g/mol. The fourth-order valence-electron chi connectivity index (χ4n) is 1.48. The van der Waals surface area contributed by atoms with Crippen molar-refractivity contribution in [3.05, 3.63) is 28.2 Å². The van der Waals surface area contributed by atoms with Gasteiger partial charge in [-0.05, 0) is 19.1 Å². The monoisotopic (exact) mass is 241 g/mol. The highest BCUT2D eigenvalue weighted by Crippen LogP contribution is 2.40. The first kappa shape index (κ1) is 8.72. The highest BCUT2D eigenvalue weighted by atomic mass is 79.9. The van der Waals surface area contributed by atoms with E-state index in [2.05, 4.69) is 21.2 Å². The molecule has 0 unspecified atom stereocenters. The van der Waals surface area contributed by atoms with Crippen molar-refractivity contribution in [3.63, 3.8) is 0 Å². The number of aliphatic hydroxyl groups is 1. The first-order valence-electron chi connectivity index (χ1n) is 3.86. The fourth-order valence-corrected chi connectivity index (χ4v) is 2.23. The molecule has 1 amide bonds. The number of fused-ring (bicyclic) bond motifs is 1. The topological polar surface area (TPSA) is 49.3 Å². The first-order valence-corrected chi connectivity index (χ1v) is 4.65. The van der Waals surface area contributed by atoms with E-state index in [1.165, 1.54) is 6.92 Å². The van der Waals surface area contributed by atoms with Gasteiger partial charge in [0, 0.05) is 15.7 Å². The zero-order chi connectivity index (χ0) is 9.64. The second-order valence-electron chi connectivity index (χ2n) is 3.19. The van der Waals surface area contributed by atoms with Gasteiger partial charge in [0.2, 0.25) is 0 Å². The largest absolute Gasteiger partial charge is 0.375 e. The van der Waals surface area contributed by atoms with Gasteiger partial charge in [0.25, 0.3) is 5.91 Å². The lowest BCUT2D eigenvalue weighted by Crippen LogP contribution is -2.30. The van der Waals surface area contributed by atoms with Crippen molar-refractivity contribution in [2.24, 2.45) is 0 Å². The quantitative estimate of drug-likeness (QED) is 0.726. The van der Waals surface area contributed by atoms with E-state index >= 15 is 0 Å². The smallest absolute Gasteiger partial charge is 0.260 e. The molecule has 4 heteroatoms. The van der Waals surface area contributed by atoms with Crippen LogP contribution in [0.1, 0.15) is 12.5 Å². The third-order valence-corrected chi connectivity index (χ3v) is 2.85. The van der Waals surface area contributed by atoms with E-state index in [0.717, 1.165) is 4.47 Å². The molecule has 1 aromatic carbocycles. The third-order valence-electron chi connectivity index (χ3n) is 2.19. The molecule has 1 aliphatic rings. The first-order chi connectivity index (χ1) is 6.03. The molecule has 1 heterocycles. The Kier molecular flexibility index (Phi) is 1.72. The van der Waals surface area contributed by atoms with Gasteiger partial charge >= 0.3 is 0 Å². The lowest BCUT2D eigenvalue weighted by Gasteiger charge is -2.14. The molecule has 0 saturated heterocycles. The summed E-state index contributed by atoms with van der Waals surface area (Å²) in [6.45, 7) is 1.49. The van der Waals surface area contributed by atoms with Crippen molar-refractivity contribution in [3.8, 4) is 0 Å². The van der Waals surface area contributed by atoms with Gasteiger partial charge in [0.15, 0.2) is 5.60 Å². The number of halogens is 1. The highest BCUT2D eigenvalue weighted by molar-refractivity contribution is 9.10. The Bertz CT molecular complexity index is 387. The van der Waals surface area contributed by atoms with E-state index in [9.17, 15) is 9.90 Å². The number of nitrogens with one attached hydrogen (secondary N) is 1. The molecule has 1 atom stereocenters. The van der Waals surface area contributed by atoms with Crippen LogP contribution in [0.15, 0.2) is 22.7 Å². The summed E-state index contributed by atoms with van der Waals surface area (Å²) in [6, 6.07) is 5.37. The van der Waals surface area contributed by atoms with Gasteiger partial charge in [-0.15, -0.1) is 0 Å². The van der Waals surface area contributed by atoms with E-state index in [4.69, 9.17) is 0 Å². The minimum Gasteiger partial charge on any atom is -0.375 e. The van der Waals surface area contributed by atoms with Crippen LogP contribution in [0.25, 0.3) is 0 Å². The van der Waals surface area contributed by atoms with Crippen LogP contribution in [0.3, 0.4) is 0 Å². The molecule has 0 saturated carbocycles. The van der Waals surface area contributed by atoms with Crippen molar-refractivity contribution in [2.45, 2.75) is 12.5 Å². The van der Waals surface area contributed by atoms with Gasteiger partial charge in [-0.2, -0.15) is 0 Å². The molecule has 0 radical (unpaired) electrons. The molecule has 68 valence electrons. The predicted molar refractivity (Wildman–Crippen MR) is 52.3 cm³/mol. The van der Waals surface area contributed by atoms with Gasteiger partial charge in [0.05, 0.1) is 0 Å². The molecule has 1 aromatic rings. The number of rotatable bonds is 0. The van der Waals surface area contributed by atoms with Crippen molar-refractivity contribution >= 4 is 27.5 Å². The molecule has 1 aliphatic heterocycles. The summed E-state index contributed by atoms with van der Waals surface area (Å²) >= 11 is 3.30. The number of carbonyl (C=O) groups is 1. The predicted octanol–water partition coefficient (Wildman–Crippen LogP) is 1.61. The van der Waals surface area contributed by atoms with Crippen molar-refractivity contribution < 1.29 is 9.90 Å². The van der Waals surface area contributed by atoms with Crippen LogP contribution in [-0.4, -0.2) is 11.0 Å². The molecule has 2 rings (SSSR count). The summed E-state index contributed by atoms with van der Waals surface area (Å²) in [6.07, 6.45) is 0. The van der Waals surface area contributed by atoms with Gasteiger partial charge in [-0.3, -0.25) is 4.79 Å². The number of hydrogen-bond acceptors (Lipinski definition) is 2. The number of amides is 1. The van der Waals surface area contributed by atoms with Crippen LogP contribution in [-0.2, 0) is 10.4 Å². The summed E-state index contributed by atoms with van der Waals surface area (Å²) in [5, 5.41) is 12.5. The Morgan fingerprint density at radius 1 is 1.54 bits per heavy atom. The molecule has 0 fully saturated rings. The molecule has 2 N–H and O–H groups in total. The maximum absolute atomic E-state index is 11.3. The third kappa shape index (κ3) is 1.09. The highest BCUT2D eigenvalue weighted by Gasteiger charge is 2.42. The second kappa shape index (κ2) is 2.56. The van der Waals surface area contributed by atoms with Crippen LogP contribution in [0, 0.1) is 0 Å². The standard InChI is InChI=1S/C9H8BrNO2/c1-9(13)7-5(10)3-2-4-6(7)11-8(9)12/h2-4,13H,1H3,(H,11,12)/t9-/m1/s1. The van der Waals surface area contributed by atoms with E-state index in [1.54, 1.807) is 12.1 Å². The zero-order valence-corrected chi connectivity index (χ0v) is 8.55. The zero-order valence-electron chi connectivity index (χ0n) is 6.97. The van der Waals surface area contributed by atoms with Crippen LogP contribution in [0.5, 0.6) is 0 Å². The minimum absolute atomic E-state index is 0.380. The lowest BCUT2D eigenvalue weighted by molar-refractivity contribution is -0.131. The van der Waals surface area contributed by atoms with Crippen molar-refractivity contribution in [2.75, 3.05) is 5.32 Å². The van der Waals surface area contributed by atoms with Crippen LogP contribution in [0.2, 0.25) is 0 Å². The SMILES string of the molecule is C[C@]1(O)C(=O)Nc2cccc(Br)c21. The van der Waals surface area contributed by atoms with E-state index in [0.29, 0.717) is 11.3 Å². The fraction of sp³-hybridized carbons (Fsp3) is 0.222. The molecular formula is C9H8BrNO2. The van der Waals surface area contributed by atoms with Crippen LogP contribution >= 0.6 is 15.9 Å². The summed E-state index contributed by atoms with van der Waals surface area (Å²) in [4.78, 5) is 11.3. The molecule has 0 bridgehead atoms. The Labute approximate surface area is 83.9 Å². The van der Waals surface area contributed by atoms with Gasteiger partial charge in [0.1, 0.15) is 0 Å². The van der Waals surface area contributed by atoms with Gasteiger partial charge in [-0.1, -0.05) is 22.0 Å².